The minimum Gasteiger partial charge on any atom is -0.381 e. The summed E-state index contributed by atoms with van der Waals surface area (Å²) in [7, 11) is -3.14. The van der Waals surface area contributed by atoms with E-state index < -0.39 is 15.8 Å². The van der Waals surface area contributed by atoms with Crippen LogP contribution in [0, 0.1) is 29.5 Å². The maximum absolute atomic E-state index is 15.1. The van der Waals surface area contributed by atoms with Crippen LogP contribution in [-0.2, 0) is 16.6 Å². The van der Waals surface area contributed by atoms with Crippen molar-refractivity contribution in [1.82, 2.24) is 34.3 Å². The number of sulfonamides is 1. The third-order valence-corrected chi connectivity index (χ3v) is 9.84. The van der Waals surface area contributed by atoms with Gasteiger partial charge in [-0.1, -0.05) is 23.4 Å². The molecular weight excluding hydrogens is 557 g/mol. The fourth-order valence-electron chi connectivity index (χ4n) is 6.11. The van der Waals surface area contributed by atoms with Gasteiger partial charge in [-0.15, -0.1) is 5.10 Å². The Morgan fingerprint density at radius 1 is 1.12 bits per heavy atom. The number of anilines is 1. The highest BCUT2D eigenvalue weighted by Gasteiger charge is 2.47. The monoisotopic (exact) mass is 587 g/mol. The Hall–Kier alpha value is -4.28. The van der Waals surface area contributed by atoms with Gasteiger partial charge in [0.2, 0.25) is 10.0 Å². The van der Waals surface area contributed by atoms with Crippen LogP contribution in [0.25, 0.3) is 22.8 Å². The Morgan fingerprint density at radius 2 is 1.86 bits per heavy atom. The average Bonchev–Trinajstić information content (AvgIpc) is 3.41. The number of benzene rings is 1. The molecule has 1 aliphatic carbocycles. The van der Waals surface area contributed by atoms with Crippen LogP contribution in [0.15, 0.2) is 42.6 Å². The SMILES string of the molecule is Cc1c(C#N)cccc1-c1nc(N)c(F)c(-c2cn(Cc3cccc(C4CC5(CCN(S(C)(=O)=O)CC5)C4)n3)nn2)n1. The van der Waals surface area contributed by atoms with E-state index in [0.29, 0.717) is 42.2 Å². The van der Waals surface area contributed by atoms with E-state index in [-0.39, 0.29) is 28.4 Å². The van der Waals surface area contributed by atoms with Crippen LogP contribution in [0.3, 0.4) is 0 Å². The first-order valence-electron chi connectivity index (χ1n) is 13.7. The van der Waals surface area contributed by atoms with Crippen molar-refractivity contribution in [1.29, 1.82) is 5.26 Å². The van der Waals surface area contributed by atoms with Crippen molar-refractivity contribution in [3.05, 3.63) is 70.9 Å². The largest absolute Gasteiger partial charge is 0.381 e. The number of aromatic nitrogens is 6. The van der Waals surface area contributed by atoms with Gasteiger partial charge in [0.25, 0.3) is 0 Å². The standard InChI is InChI=1S/C29H30FN9O2S/c1-18-19(15-31)5-3-7-22(18)28-34-26(25(30)27(32)35-28)24-17-38(37-36-24)16-21-6-4-8-23(33-21)20-13-29(14-20)9-11-39(12-10-29)42(2,40)41/h3-8,17,20H,9-14,16H2,1-2H3,(H2,32,34,35). The maximum atomic E-state index is 15.1. The van der Waals surface area contributed by atoms with Gasteiger partial charge < -0.3 is 5.73 Å². The summed E-state index contributed by atoms with van der Waals surface area (Å²) in [6, 6.07) is 13.2. The molecule has 1 saturated heterocycles. The third kappa shape index (κ3) is 5.23. The molecule has 1 aliphatic heterocycles. The van der Waals surface area contributed by atoms with Crippen molar-refractivity contribution in [2.24, 2.45) is 5.41 Å². The summed E-state index contributed by atoms with van der Waals surface area (Å²) in [6.07, 6.45) is 6.64. The van der Waals surface area contributed by atoms with Crippen molar-refractivity contribution < 1.29 is 12.8 Å². The molecular formula is C29H30FN9O2S. The predicted octanol–water partition coefficient (Wildman–Crippen LogP) is 3.67. The van der Waals surface area contributed by atoms with Crippen LogP contribution in [0.5, 0.6) is 0 Å². The van der Waals surface area contributed by atoms with Gasteiger partial charge in [-0.2, -0.15) is 5.26 Å². The van der Waals surface area contributed by atoms with E-state index in [1.54, 1.807) is 40.3 Å². The Balaban J connectivity index is 1.17. The minimum atomic E-state index is -3.14. The Labute approximate surface area is 243 Å². The second-order valence-electron chi connectivity index (χ2n) is 11.3. The number of halogens is 1. The zero-order valence-electron chi connectivity index (χ0n) is 23.3. The lowest BCUT2D eigenvalue weighted by molar-refractivity contribution is 0.0373. The number of nitrogen functional groups attached to an aromatic ring is 1. The highest BCUT2D eigenvalue weighted by molar-refractivity contribution is 7.88. The molecule has 1 saturated carbocycles. The van der Waals surface area contributed by atoms with Gasteiger partial charge in [0.1, 0.15) is 11.4 Å². The second-order valence-corrected chi connectivity index (χ2v) is 13.3. The lowest BCUT2D eigenvalue weighted by Gasteiger charge is -2.51. The van der Waals surface area contributed by atoms with E-state index in [9.17, 15) is 13.7 Å². The Bertz CT molecular complexity index is 1820. The third-order valence-electron chi connectivity index (χ3n) is 8.53. The lowest BCUT2D eigenvalue weighted by Crippen LogP contribution is -2.47. The molecule has 0 amide bonds. The normalized spacial score (nSPS) is 17.2. The fourth-order valence-corrected chi connectivity index (χ4v) is 6.96. The number of hydrogen-bond acceptors (Lipinski definition) is 9. The topological polar surface area (TPSA) is 157 Å². The van der Waals surface area contributed by atoms with Crippen LogP contribution >= 0.6 is 0 Å². The Kier molecular flexibility index (Phi) is 6.98. The molecule has 4 heterocycles. The first kappa shape index (κ1) is 27.9. The van der Waals surface area contributed by atoms with Crippen molar-refractivity contribution in [2.45, 2.75) is 45.1 Å². The number of piperidine rings is 1. The molecule has 4 aromatic rings. The molecule has 6 rings (SSSR count). The lowest BCUT2D eigenvalue weighted by atomic mass is 9.57. The maximum Gasteiger partial charge on any atom is 0.211 e. The molecule has 3 aromatic heterocycles. The molecule has 2 aliphatic rings. The van der Waals surface area contributed by atoms with Crippen LogP contribution in [0.4, 0.5) is 10.2 Å². The molecule has 2 fully saturated rings. The molecule has 2 N–H and O–H groups in total. The van der Waals surface area contributed by atoms with E-state index in [1.165, 1.54) is 6.26 Å². The number of nitrogens with zero attached hydrogens (tertiary/aromatic N) is 8. The number of pyridine rings is 1. The summed E-state index contributed by atoms with van der Waals surface area (Å²) >= 11 is 0. The van der Waals surface area contributed by atoms with Gasteiger partial charge in [-0.05, 0) is 61.8 Å². The van der Waals surface area contributed by atoms with Crippen LogP contribution < -0.4 is 5.73 Å². The van der Waals surface area contributed by atoms with Crippen molar-refractivity contribution in [3.63, 3.8) is 0 Å². The molecule has 13 heteroatoms. The zero-order valence-corrected chi connectivity index (χ0v) is 24.1. The summed E-state index contributed by atoms with van der Waals surface area (Å²) in [5.74, 6) is -0.578. The van der Waals surface area contributed by atoms with E-state index in [4.69, 9.17) is 10.7 Å². The molecule has 0 unspecified atom stereocenters. The van der Waals surface area contributed by atoms with Gasteiger partial charge in [-0.25, -0.2) is 31.8 Å². The summed E-state index contributed by atoms with van der Waals surface area (Å²) in [5.41, 5.74) is 9.75. The van der Waals surface area contributed by atoms with E-state index >= 15 is 4.39 Å². The Morgan fingerprint density at radius 3 is 2.57 bits per heavy atom. The van der Waals surface area contributed by atoms with Gasteiger partial charge in [0.05, 0.1) is 36.3 Å². The molecule has 11 nitrogen and oxygen atoms in total. The summed E-state index contributed by atoms with van der Waals surface area (Å²) < 4.78 is 41.9. The molecule has 1 spiro atoms. The molecule has 0 bridgehead atoms. The first-order chi connectivity index (χ1) is 20.0. The van der Waals surface area contributed by atoms with E-state index in [0.717, 1.165) is 37.1 Å². The average molecular weight is 588 g/mol. The molecule has 0 radical (unpaired) electrons. The van der Waals surface area contributed by atoms with Crippen molar-refractivity contribution >= 4 is 15.8 Å². The molecule has 1 aromatic carbocycles. The van der Waals surface area contributed by atoms with Gasteiger partial charge in [0.15, 0.2) is 17.5 Å². The quantitative estimate of drug-likeness (QED) is 0.355. The van der Waals surface area contributed by atoms with Gasteiger partial charge >= 0.3 is 0 Å². The highest BCUT2D eigenvalue weighted by Crippen LogP contribution is 2.56. The summed E-state index contributed by atoms with van der Waals surface area (Å²) in [5, 5.41) is 17.7. The minimum absolute atomic E-state index is 0.0751. The molecule has 0 atom stereocenters. The van der Waals surface area contributed by atoms with Gasteiger partial charge in [0, 0.05) is 30.3 Å². The number of rotatable bonds is 6. The van der Waals surface area contributed by atoms with Gasteiger partial charge in [-0.3, -0.25) is 4.98 Å². The van der Waals surface area contributed by atoms with Crippen LogP contribution in [-0.4, -0.2) is 62.0 Å². The number of hydrogen-bond donors (Lipinski definition) is 1. The van der Waals surface area contributed by atoms with Crippen molar-refractivity contribution in [3.8, 4) is 28.8 Å². The van der Waals surface area contributed by atoms with Crippen molar-refractivity contribution in [2.75, 3.05) is 25.1 Å². The van der Waals surface area contributed by atoms with Crippen LogP contribution in [0.2, 0.25) is 0 Å². The zero-order chi connectivity index (χ0) is 29.6. The second kappa shape index (κ2) is 10.5. The predicted molar refractivity (Wildman–Crippen MR) is 154 cm³/mol. The first-order valence-corrected chi connectivity index (χ1v) is 15.5. The molecule has 42 heavy (non-hydrogen) atoms. The summed E-state index contributed by atoms with van der Waals surface area (Å²) in [4.78, 5) is 13.4. The smallest absolute Gasteiger partial charge is 0.211 e. The van der Waals surface area contributed by atoms with E-state index in [1.807, 2.05) is 18.2 Å². The number of nitriles is 1. The molecule has 216 valence electrons. The summed E-state index contributed by atoms with van der Waals surface area (Å²) in [6.45, 7) is 3.28. The van der Waals surface area contributed by atoms with E-state index in [2.05, 4.69) is 26.3 Å². The number of nitrogens with two attached hydrogens (primary N) is 1. The fraction of sp³-hybridized carbons (Fsp3) is 0.379. The van der Waals surface area contributed by atoms with Crippen LogP contribution in [0.1, 0.15) is 54.1 Å². The highest BCUT2D eigenvalue weighted by atomic mass is 32.2.